The summed E-state index contributed by atoms with van der Waals surface area (Å²) in [5, 5.41) is 11.5. The number of carbonyl (C=O) groups is 2. The fourth-order valence-electron chi connectivity index (χ4n) is 6.61. The molecule has 2 aromatic carbocycles. The van der Waals surface area contributed by atoms with Gasteiger partial charge in [0.05, 0.1) is 13.7 Å². The minimum Gasteiger partial charge on any atom is -0.497 e. The van der Waals surface area contributed by atoms with Crippen LogP contribution in [0.2, 0.25) is 17.1 Å². The Morgan fingerprint density at radius 2 is 1.15 bits per heavy atom. The van der Waals surface area contributed by atoms with Gasteiger partial charge in [0.15, 0.2) is 14.4 Å². The molecular formula is C40H47F17N2O8Si. The second-order valence-electron chi connectivity index (χ2n) is 15.7. The maximum absolute atomic E-state index is 15.0. The van der Waals surface area contributed by atoms with E-state index < -0.39 is 117 Å². The van der Waals surface area contributed by atoms with E-state index in [-0.39, 0.29) is 23.3 Å². The van der Waals surface area contributed by atoms with Crippen LogP contribution in [-0.2, 0) is 18.7 Å². The monoisotopic (exact) mass is 1030 g/mol. The van der Waals surface area contributed by atoms with Crippen molar-refractivity contribution in [2.24, 2.45) is 0 Å². The Bertz CT molecular complexity index is 2000. The Labute approximate surface area is 378 Å². The third kappa shape index (κ3) is 12.1. The van der Waals surface area contributed by atoms with E-state index in [2.05, 4.69) is 5.32 Å². The largest absolute Gasteiger partial charge is 0.497 e. The van der Waals surface area contributed by atoms with Gasteiger partial charge in [-0.1, -0.05) is 45.9 Å². The predicted octanol–water partition coefficient (Wildman–Crippen LogP) is 12.4. The van der Waals surface area contributed by atoms with E-state index in [0.29, 0.717) is 11.4 Å². The second kappa shape index (κ2) is 22.0. The predicted molar refractivity (Wildman–Crippen MR) is 209 cm³/mol. The summed E-state index contributed by atoms with van der Waals surface area (Å²) in [7, 11) is -1.34. The molecule has 0 radical (unpaired) electrons. The van der Waals surface area contributed by atoms with Crippen molar-refractivity contribution >= 4 is 26.0 Å². The molecule has 2 amide bonds. The standard InChI is InChI=1S/C40H47F17N2O8Si/c1-22(2)68(23(3)4,21-18-33(41,42)34(43,44)35(45,46)36(47,48)37(49,50)38(51,52)39(53,54)40(55,56)57)66-20-19-65-28-13-9-25(10-14-28)30(29(64-7)17-8-24(5)31(60)59-62)67-32(61)58-26-11-15-27(63-6)16-12-26/h8-16,22-23,29-30,62H,17-21H2,1-7H3,(H,58,61)(H,59,60)/b24-8+/t29-,30-/m0/s1. The van der Waals surface area contributed by atoms with E-state index in [4.69, 9.17) is 28.6 Å². The first-order valence-electron chi connectivity index (χ1n) is 19.7. The lowest BCUT2D eigenvalue weighted by Gasteiger charge is -2.44. The molecule has 0 aliphatic heterocycles. The number of halogens is 17. The van der Waals surface area contributed by atoms with Crippen LogP contribution in [0.25, 0.3) is 0 Å². The highest BCUT2D eigenvalue weighted by Gasteiger charge is 2.95. The van der Waals surface area contributed by atoms with Crippen molar-refractivity contribution in [1.82, 2.24) is 5.48 Å². The Morgan fingerprint density at radius 1 is 0.676 bits per heavy atom. The molecular weight excluding hydrogens is 987 g/mol. The number of amides is 2. The second-order valence-corrected chi connectivity index (χ2v) is 20.7. The molecule has 388 valence electrons. The third-order valence-electron chi connectivity index (χ3n) is 10.8. The number of anilines is 1. The summed E-state index contributed by atoms with van der Waals surface area (Å²) in [4.78, 5) is 24.9. The van der Waals surface area contributed by atoms with Crippen LogP contribution in [0, 0.1) is 0 Å². The van der Waals surface area contributed by atoms with Gasteiger partial charge < -0.3 is 23.4 Å². The number of benzene rings is 2. The number of methoxy groups -OCH3 is 2. The molecule has 0 aliphatic rings. The molecule has 0 saturated carbocycles. The molecule has 10 nitrogen and oxygen atoms in total. The van der Waals surface area contributed by atoms with Crippen LogP contribution in [0.3, 0.4) is 0 Å². The van der Waals surface area contributed by atoms with Gasteiger partial charge in [0.2, 0.25) is 0 Å². The normalized spacial score (nSPS) is 15.0. The number of nitrogens with one attached hydrogen (secondary N) is 2. The molecule has 28 heteroatoms. The van der Waals surface area contributed by atoms with Crippen LogP contribution in [-0.4, -0.2) is 107 Å². The van der Waals surface area contributed by atoms with E-state index in [9.17, 15) is 75.4 Å². The minimum absolute atomic E-state index is 0.0522. The summed E-state index contributed by atoms with van der Waals surface area (Å²) in [6, 6.07) is 10.3. The van der Waals surface area contributed by atoms with Gasteiger partial charge in [-0.25, -0.2) is 10.3 Å². The molecule has 2 rings (SSSR count). The summed E-state index contributed by atoms with van der Waals surface area (Å²) in [5.74, 6) is -57.2. The quantitative estimate of drug-likeness (QED) is 0.0224. The van der Waals surface area contributed by atoms with Crippen molar-refractivity contribution in [3.05, 3.63) is 65.7 Å². The molecule has 0 aromatic heterocycles. The van der Waals surface area contributed by atoms with Crippen LogP contribution in [0.15, 0.2) is 60.2 Å². The van der Waals surface area contributed by atoms with Crippen molar-refractivity contribution < 1.29 is 113 Å². The Morgan fingerprint density at radius 3 is 1.59 bits per heavy atom. The maximum Gasteiger partial charge on any atom is 0.460 e. The summed E-state index contributed by atoms with van der Waals surface area (Å²) >= 11 is 0. The van der Waals surface area contributed by atoms with Crippen molar-refractivity contribution in [3.63, 3.8) is 0 Å². The summed E-state index contributed by atoms with van der Waals surface area (Å²) in [6.45, 7) is 5.56. The first kappa shape index (κ1) is 59.6. The molecule has 0 unspecified atom stereocenters. The topological polar surface area (TPSA) is 125 Å². The van der Waals surface area contributed by atoms with Crippen molar-refractivity contribution in [2.45, 2.75) is 124 Å². The average molecular weight is 1030 g/mol. The van der Waals surface area contributed by atoms with Crippen molar-refractivity contribution in [2.75, 3.05) is 32.8 Å². The highest BCUT2D eigenvalue weighted by molar-refractivity contribution is 6.76. The first-order valence-corrected chi connectivity index (χ1v) is 22.0. The van der Waals surface area contributed by atoms with E-state index in [1.165, 1.54) is 96.8 Å². The molecule has 68 heavy (non-hydrogen) atoms. The van der Waals surface area contributed by atoms with Crippen LogP contribution >= 0.6 is 0 Å². The molecule has 0 bridgehead atoms. The van der Waals surface area contributed by atoms with Gasteiger partial charge in [-0.2, -0.15) is 74.6 Å². The Kier molecular flexibility index (Phi) is 19.3. The zero-order valence-electron chi connectivity index (χ0n) is 36.8. The number of ether oxygens (including phenoxy) is 4. The Balaban J connectivity index is 2.34. The minimum atomic E-state index is -8.71. The van der Waals surface area contributed by atoms with Gasteiger partial charge in [0, 0.05) is 24.8 Å². The molecule has 2 atom stereocenters. The summed E-state index contributed by atoms with van der Waals surface area (Å²) in [6.07, 6.45) is -12.2. The van der Waals surface area contributed by atoms with E-state index in [0.717, 1.165) is 0 Å². The fourth-order valence-corrected chi connectivity index (χ4v) is 11.1. The lowest BCUT2D eigenvalue weighted by molar-refractivity contribution is -0.461. The molecule has 0 spiro atoms. The first-order chi connectivity index (χ1) is 30.9. The molecule has 3 N–H and O–H groups in total. The molecule has 2 aromatic rings. The summed E-state index contributed by atoms with van der Waals surface area (Å²) in [5.41, 5.74) is 0.294. The van der Waals surface area contributed by atoms with Crippen molar-refractivity contribution in [1.29, 1.82) is 0 Å². The Hall–Kier alpha value is -4.57. The smallest absolute Gasteiger partial charge is 0.460 e. The van der Waals surface area contributed by atoms with Gasteiger partial charge in [-0.05, 0) is 72.4 Å². The summed E-state index contributed by atoms with van der Waals surface area (Å²) < 4.78 is 264. The number of carbonyl (C=O) groups excluding carboxylic acids is 2. The van der Waals surface area contributed by atoms with Crippen LogP contribution < -0.4 is 20.3 Å². The van der Waals surface area contributed by atoms with Crippen LogP contribution in [0.5, 0.6) is 11.5 Å². The molecule has 0 aliphatic carbocycles. The lowest BCUT2D eigenvalue weighted by Crippen LogP contribution is -2.74. The highest BCUT2D eigenvalue weighted by Crippen LogP contribution is 2.64. The van der Waals surface area contributed by atoms with Gasteiger partial charge in [0.1, 0.15) is 24.2 Å². The maximum atomic E-state index is 15.0. The van der Waals surface area contributed by atoms with Gasteiger partial charge in [0.25, 0.3) is 5.91 Å². The number of hydrogen-bond donors (Lipinski definition) is 3. The van der Waals surface area contributed by atoms with E-state index in [1.807, 2.05) is 0 Å². The number of hydrogen-bond acceptors (Lipinski definition) is 8. The van der Waals surface area contributed by atoms with Crippen LogP contribution in [0.4, 0.5) is 85.1 Å². The van der Waals surface area contributed by atoms with Crippen LogP contribution in [0.1, 0.15) is 59.1 Å². The molecule has 0 saturated heterocycles. The zero-order chi connectivity index (χ0) is 52.7. The molecule has 0 fully saturated rings. The highest BCUT2D eigenvalue weighted by atomic mass is 28.4. The third-order valence-corrected chi connectivity index (χ3v) is 16.5. The SMILES string of the molecule is COc1ccc(NC(=O)O[C@@H](c2ccc(OCCO[Si](CCC(F)(F)C(F)(F)C(F)(F)C(F)(F)C(F)(F)C(F)(F)C(F)(F)C(F)(F)F)(C(C)C)C(C)C)cc2)[C@H](C/C=C(\C)C(=O)NO)OC)cc1. The van der Waals surface area contributed by atoms with Gasteiger partial charge in [-0.15, -0.1) is 0 Å². The number of hydroxylamine groups is 1. The van der Waals surface area contributed by atoms with Gasteiger partial charge in [-0.3, -0.25) is 15.3 Å². The lowest BCUT2D eigenvalue weighted by atomic mass is 9.88. The van der Waals surface area contributed by atoms with E-state index in [1.54, 1.807) is 12.1 Å². The van der Waals surface area contributed by atoms with E-state index >= 15 is 8.78 Å². The number of alkyl halides is 17. The number of rotatable bonds is 25. The van der Waals surface area contributed by atoms with Gasteiger partial charge >= 0.3 is 53.7 Å². The molecule has 0 heterocycles. The average Bonchev–Trinajstić information content (AvgIpc) is 3.24. The fraction of sp³-hybridized carbons (Fsp3) is 0.600. The van der Waals surface area contributed by atoms with Crippen molar-refractivity contribution in [3.8, 4) is 11.5 Å². The zero-order valence-corrected chi connectivity index (χ0v) is 37.8.